The zero-order valence-corrected chi connectivity index (χ0v) is 22.9. The molecule has 6 nitrogen and oxygen atoms in total. The summed E-state index contributed by atoms with van der Waals surface area (Å²) in [6.07, 6.45) is 10.2. The van der Waals surface area contributed by atoms with E-state index >= 15 is 0 Å². The Labute approximate surface area is 220 Å². The van der Waals surface area contributed by atoms with Gasteiger partial charge in [-0.05, 0) is 87.1 Å². The highest BCUT2D eigenvalue weighted by Crippen LogP contribution is 2.35. The topological polar surface area (TPSA) is 76.9 Å². The van der Waals surface area contributed by atoms with E-state index < -0.39 is 10.8 Å². The number of benzene rings is 1. The SMILES string of the molecule is Cc1cc([S@@](=O)C2CCC(C(C)C)CC2)ccc1Nc1ncc2cc(Cl)c(=O)n(C3CCCC3)c2n1. The summed E-state index contributed by atoms with van der Waals surface area (Å²) in [6, 6.07) is 7.70. The average Bonchev–Trinajstić information content (AvgIpc) is 3.40. The van der Waals surface area contributed by atoms with Gasteiger partial charge < -0.3 is 5.32 Å². The molecule has 192 valence electrons. The number of nitrogens with one attached hydrogen (secondary N) is 1. The number of fused-ring (bicyclic) bond motifs is 1. The Bertz CT molecular complexity index is 1340. The van der Waals surface area contributed by atoms with Gasteiger partial charge in [-0.15, -0.1) is 0 Å². The van der Waals surface area contributed by atoms with Crippen LogP contribution in [0.15, 0.2) is 40.2 Å². The van der Waals surface area contributed by atoms with Crippen LogP contribution in [-0.2, 0) is 10.8 Å². The molecule has 3 aromatic rings. The second-order valence-corrected chi connectivity index (χ2v) is 12.9. The van der Waals surface area contributed by atoms with Crippen LogP contribution in [0.5, 0.6) is 0 Å². The summed E-state index contributed by atoms with van der Waals surface area (Å²) < 4.78 is 15.0. The fraction of sp³-hybridized carbons (Fsp3) is 0.536. The van der Waals surface area contributed by atoms with Crippen molar-refractivity contribution in [1.82, 2.24) is 14.5 Å². The van der Waals surface area contributed by atoms with Gasteiger partial charge in [-0.3, -0.25) is 13.6 Å². The van der Waals surface area contributed by atoms with Crippen molar-refractivity contribution in [2.24, 2.45) is 11.8 Å². The Balaban J connectivity index is 1.37. The highest BCUT2D eigenvalue weighted by molar-refractivity contribution is 7.85. The van der Waals surface area contributed by atoms with Crippen LogP contribution in [0.1, 0.15) is 76.8 Å². The summed E-state index contributed by atoms with van der Waals surface area (Å²) in [5.41, 5.74) is 2.28. The monoisotopic (exact) mass is 526 g/mol. The molecule has 0 aliphatic heterocycles. The third kappa shape index (κ3) is 5.10. The molecule has 0 saturated heterocycles. The third-order valence-electron chi connectivity index (χ3n) is 8.06. The first-order valence-corrected chi connectivity index (χ1v) is 14.8. The number of anilines is 2. The van der Waals surface area contributed by atoms with Crippen LogP contribution in [-0.4, -0.2) is 24.0 Å². The number of hydrogen-bond donors (Lipinski definition) is 1. The van der Waals surface area contributed by atoms with Crippen molar-refractivity contribution in [3.63, 3.8) is 0 Å². The first-order valence-electron chi connectivity index (χ1n) is 13.2. The number of aromatic nitrogens is 3. The van der Waals surface area contributed by atoms with E-state index in [0.29, 0.717) is 17.5 Å². The lowest BCUT2D eigenvalue weighted by atomic mass is 9.81. The van der Waals surface area contributed by atoms with Crippen molar-refractivity contribution in [2.45, 2.75) is 88.3 Å². The summed E-state index contributed by atoms with van der Waals surface area (Å²) >= 11 is 6.25. The Morgan fingerprint density at radius 2 is 1.81 bits per heavy atom. The number of pyridine rings is 1. The normalized spacial score (nSPS) is 21.8. The summed E-state index contributed by atoms with van der Waals surface area (Å²) in [7, 11) is -1.00. The Morgan fingerprint density at radius 1 is 1.08 bits per heavy atom. The van der Waals surface area contributed by atoms with Gasteiger partial charge in [0, 0.05) is 33.5 Å². The van der Waals surface area contributed by atoms with Crippen molar-refractivity contribution in [1.29, 1.82) is 0 Å². The molecule has 36 heavy (non-hydrogen) atoms. The van der Waals surface area contributed by atoms with Crippen LogP contribution >= 0.6 is 11.6 Å². The van der Waals surface area contributed by atoms with Crippen molar-refractivity contribution in [3.8, 4) is 0 Å². The molecule has 0 bridgehead atoms. The largest absolute Gasteiger partial charge is 0.324 e. The smallest absolute Gasteiger partial charge is 0.271 e. The van der Waals surface area contributed by atoms with Crippen molar-refractivity contribution in [3.05, 3.63) is 51.4 Å². The maximum absolute atomic E-state index is 13.3. The van der Waals surface area contributed by atoms with Crippen LogP contribution in [0.25, 0.3) is 11.0 Å². The second kappa shape index (κ2) is 10.6. The molecule has 0 radical (unpaired) electrons. The molecule has 2 aliphatic carbocycles. The lowest BCUT2D eigenvalue weighted by Crippen LogP contribution is -2.25. The van der Waals surface area contributed by atoms with E-state index in [1.165, 1.54) is 12.8 Å². The lowest BCUT2D eigenvalue weighted by Gasteiger charge is -2.30. The van der Waals surface area contributed by atoms with Gasteiger partial charge in [0.2, 0.25) is 5.95 Å². The van der Waals surface area contributed by atoms with Gasteiger partial charge in [0.05, 0.1) is 10.8 Å². The first-order chi connectivity index (χ1) is 17.3. The summed E-state index contributed by atoms with van der Waals surface area (Å²) in [5, 5.41) is 4.51. The Kier molecular flexibility index (Phi) is 7.49. The van der Waals surface area contributed by atoms with E-state index in [4.69, 9.17) is 16.6 Å². The van der Waals surface area contributed by atoms with Crippen LogP contribution < -0.4 is 10.9 Å². The lowest BCUT2D eigenvalue weighted by molar-refractivity contribution is 0.282. The fourth-order valence-corrected chi connectivity index (χ4v) is 7.62. The molecule has 1 aromatic carbocycles. The zero-order chi connectivity index (χ0) is 25.4. The zero-order valence-electron chi connectivity index (χ0n) is 21.3. The molecule has 0 spiro atoms. The maximum atomic E-state index is 13.3. The molecule has 2 saturated carbocycles. The van der Waals surface area contributed by atoms with Crippen LogP contribution in [0.3, 0.4) is 0 Å². The van der Waals surface area contributed by atoms with Crippen LogP contribution in [0.4, 0.5) is 11.6 Å². The molecule has 1 N–H and O–H groups in total. The van der Waals surface area contributed by atoms with E-state index in [1.807, 2.05) is 25.1 Å². The van der Waals surface area contributed by atoms with E-state index in [9.17, 15) is 9.00 Å². The van der Waals surface area contributed by atoms with E-state index in [0.717, 1.165) is 66.0 Å². The molecule has 2 aromatic heterocycles. The van der Waals surface area contributed by atoms with Crippen LogP contribution in [0, 0.1) is 18.8 Å². The third-order valence-corrected chi connectivity index (χ3v) is 10.1. The molecule has 2 heterocycles. The van der Waals surface area contributed by atoms with E-state index in [-0.39, 0.29) is 21.9 Å². The van der Waals surface area contributed by atoms with Crippen molar-refractivity contribution >= 4 is 45.1 Å². The second-order valence-electron chi connectivity index (χ2n) is 10.8. The van der Waals surface area contributed by atoms with Crippen LogP contribution in [0.2, 0.25) is 5.02 Å². The summed E-state index contributed by atoms with van der Waals surface area (Å²) in [5.74, 6) is 1.89. The molecule has 0 amide bonds. The quantitative estimate of drug-likeness (QED) is 0.376. The number of rotatable bonds is 6. The number of hydrogen-bond acceptors (Lipinski definition) is 5. The van der Waals surface area contributed by atoms with Crippen molar-refractivity contribution in [2.75, 3.05) is 5.32 Å². The van der Waals surface area contributed by atoms with Gasteiger partial charge in [0.15, 0.2) is 0 Å². The average molecular weight is 527 g/mol. The van der Waals surface area contributed by atoms with E-state index in [1.54, 1.807) is 16.8 Å². The van der Waals surface area contributed by atoms with Gasteiger partial charge in [-0.25, -0.2) is 4.98 Å². The molecular weight excluding hydrogens is 492 g/mol. The molecular formula is C28H35ClN4O2S. The Morgan fingerprint density at radius 3 is 2.47 bits per heavy atom. The number of nitrogens with zero attached hydrogens (tertiary/aromatic N) is 3. The van der Waals surface area contributed by atoms with E-state index in [2.05, 4.69) is 24.1 Å². The molecule has 2 aliphatic rings. The molecule has 2 fully saturated rings. The van der Waals surface area contributed by atoms with Gasteiger partial charge >= 0.3 is 0 Å². The molecule has 8 heteroatoms. The predicted octanol–water partition coefficient (Wildman–Crippen LogP) is 6.93. The minimum atomic E-state index is -1.00. The fourth-order valence-electron chi connectivity index (χ4n) is 5.83. The van der Waals surface area contributed by atoms with Crippen molar-refractivity contribution < 1.29 is 4.21 Å². The standard InChI is InChI=1S/C28H35ClN4O2S/c1-17(2)19-8-10-22(11-9-19)36(35)23-12-13-25(18(3)14-23)31-28-30-16-20-15-24(29)27(34)33(26(20)32-28)21-6-4-5-7-21/h12-17,19,21-22H,4-11H2,1-3H3,(H,30,31,32)/t19?,22?,36-/m0/s1. The number of aryl methyl sites for hydroxylation is 1. The maximum Gasteiger partial charge on any atom is 0.271 e. The minimum absolute atomic E-state index is 0.119. The van der Waals surface area contributed by atoms with Gasteiger partial charge in [0.25, 0.3) is 5.56 Å². The molecule has 0 unspecified atom stereocenters. The number of halogens is 1. The highest BCUT2D eigenvalue weighted by atomic mass is 35.5. The molecule has 1 atom stereocenters. The van der Waals surface area contributed by atoms with Gasteiger partial charge in [-0.1, -0.05) is 38.3 Å². The minimum Gasteiger partial charge on any atom is -0.324 e. The first kappa shape index (κ1) is 25.4. The summed E-state index contributed by atoms with van der Waals surface area (Å²) in [4.78, 5) is 23.0. The van der Waals surface area contributed by atoms with Gasteiger partial charge in [0.1, 0.15) is 10.7 Å². The summed E-state index contributed by atoms with van der Waals surface area (Å²) in [6.45, 7) is 6.59. The van der Waals surface area contributed by atoms with Gasteiger partial charge in [-0.2, -0.15) is 4.98 Å². The molecule has 5 rings (SSSR count). The Hall–Kier alpha value is -2.25. The highest BCUT2D eigenvalue weighted by Gasteiger charge is 2.28. The predicted molar refractivity (Wildman–Crippen MR) is 148 cm³/mol.